The van der Waals surface area contributed by atoms with Crippen molar-refractivity contribution >= 4 is 0 Å². The molecule has 0 bridgehead atoms. The number of rotatable bonds is 2. The fourth-order valence-corrected chi connectivity index (χ4v) is 1.64. The molecule has 0 radical (unpaired) electrons. The maximum Gasteiger partial charge on any atom is 0.176 e. The average molecular weight is 211 g/mol. The van der Waals surface area contributed by atoms with E-state index in [4.69, 9.17) is 4.52 Å². The minimum absolute atomic E-state index is 0.759. The van der Waals surface area contributed by atoms with E-state index in [9.17, 15) is 0 Å². The van der Waals surface area contributed by atoms with Gasteiger partial charge in [-0.1, -0.05) is 11.2 Å². The van der Waals surface area contributed by atoms with Crippen molar-refractivity contribution in [1.29, 1.82) is 0 Å². The summed E-state index contributed by atoms with van der Waals surface area (Å²) in [6.45, 7) is 0. The molecular weight excluding hydrogens is 202 g/mol. The zero-order valence-electron chi connectivity index (χ0n) is 8.42. The van der Waals surface area contributed by atoms with Crippen LogP contribution < -0.4 is 0 Å². The van der Waals surface area contributed by atoms with Gasteiger partial charge in [-0.25, -0.2) is 0 Å². The highest BCUT2D eigenvalue weighted by Crippen LogP contribution is 2.30. The normalized spacial score (nSPS) is 10.5. The van der Waals surface area contributed by atoms with Crippen LogP contribution in [0.3, 0.4) is 0 Å². The van der Waals surface area contributed by atoms with Crippen LogP contribution in [-0.2, 0) is 0 Å². The van der Waals surface area contributed by atoms with Crippen LogP contribution in [0.25, 0.3) is 22.5 Å². The molecule has 0 saturated heterocycles. The number of aromatic nitrogens is 3. The van der Waals surface area contributed by atoms with Gasteiger partial charge in [0.2, 0.25) is 0 Å². The summed E-state index contributed by atoms with van der Waals surface area (Å²) in [4.78, 5) is 7.08. The van der Waals surface area contributed by atoms with Gasteiger partial charge in [0.15, 0.2) is 5.76 Å². The second-order valence-corrected chi connectivity index (χ2v) is 3.41. The monoisotopic (exact) mass is 211 g/mol. The minimum Gasteiger partial charge on any atom is -0.367 e. The Morgan fingerprint density at radius 2 is 2.12 bits per heavy atom. The van der Waals surface area contributed by atoms with Gasteiger partial charge in [-0.05, 0) is 12.1 Å². The van der Waals surface area contributed by atoms with Crippen molar-refractivity contribution < 1.29 is 4.52 Å². The first-order chi connectivity index (χ1) is 7.95. The molecule has 0 fully saturated rings. The van der Waals surface area contributed by atoms with E-state index < -0.39 is 0 Å². The quantitative estimate of drug-likeness (QED) is 0.709. The summed E-state index contributed by atoms with van der Waals surface area (Å²) < 4.78 is 5.27. The lowest BCUT2D eigenvalue weighted by Gasteiger charge is -1.97. The number of hydrogen-bond donors (Lipinski definition) is 1. The molecule has 0 spiro atoms. The molecule has 1 N–H and O–H groups in total. The Bertz CT molecular complexity index is 569. The number of hydrogen-bond acceptors (Lipinski definition) is 3. The van der Waals surface area contributed by atoms with Crippen LogP contribution >= 0.6 is 0 Å². The Morgan fingerprint density at radius 1 is 1.12 bits per heavy atom. The topological polar surface area (TPSA) is 54.7 Å². The summed E-state index contributed by atoms with van der Waals surface area (Å²) in [5.41, 5.74) is 2.93. The maximum atomic E-state index is 5.27. The van der Waals surface area contributed by atoms with Gasteiger partial charge in [0.25, 0.3) is 0 Å². The molecular formula is C12H9N3O. The second-order valence-electron chi connectivity index (χ2n) is 3.41. The first kappa shape index (κ1) is 8.91. The molecule has 0 saturated carbocycles. The number of aromatic amines is 1. The fraction of sp³-hybridized carbons (Fsp3) is 0. The van der Waals surface area contributed by atoms with Crippen molar-refractivity contribution in [3.63, 3.8) is 0 Å². The van der Waals surface area contributed by atoms with E-state index in [2.05, 4.69) is 15.1 Å². The number of H-pyrrole nitrogens is 1. The number of nitrogens with one attached hydrogen (secondary N) is 1. The number of nitrogens with zero attached hydrogens (tertiary/aromatic N) is 2. The van der Waals surface area contributed by atoms with Crippen LogP contribution in [0.4, 0.5) is 0 Å². The molecule has 3 aromatic rings. The molecule has 4 nitrogen and oxygen atoms in total. The third-order valence-corrected chi connectivity index (χ3v) is 2.40. The predicted octanol–water partition coefficient (Wildman–Crippen LogP) is 2.73. The van der Waals surface area contributed by atoms with Gasteiger partial charge in [-0.3, -0.25) is 4.98 Å². The van der Waals surface area contributed by atoms with Crippen LogP contribution in [-0.4, -0.2) is 15.1 Å². The predicted molar refractivity (Wildman–Crippen MR) is 59.5 cm³/mol. The van der Waals surface area contributed by atoms with Crippen LogP contribution in [0.15, 0.2) is 53.7 Å². The van der Waals surface area contributed by atoms with Crippen molar-refractivity contribution in [1.82, 2.24) is 15.1 Å². The van der Waals surface area contributed by atoms with Crippen LogP contribution in [0.5, 0.6) is 0 Å². The molecule has 3 aromatic heterocycles. The first-order valence-corrected chi connectivity index (χ1v) is 4.93. The van der Waals surface area contributed by atoms with Gasteiger partial charge in [-0.15, -0.1) is 0 Å². The maximum absolute atomic E-state index is 5.27. The van der Waals surface area contributed by atoms with Gasteiger partial charge in [0.05, 0.1) is 11.8 Å². The van der Waals surface area contributed by atoms with E-state index in [1.165, 1.54) is 0 Å². The van der Waals surface area contributed by atoms with Gasteiger partial charge in [0, 0.05) is 35.9 Å². The summed E-state index contributed by atoms with van der Waals surface area (Å²) in [6.07, 6.45) is 8.97. The molecule has 0 aliphatic carbocycles. The van der Waals surface area contributed by atoms with E-state index in [1.807, 2.05) is 30.6 Å². The van der Waals surface area contributed by atoms with E-state index in [1.54, 1.807) is 18.6 Å². The van der Waals surface area contributed by atoms with Crippen LogP contribution in [0.1, 0.15) is 0 Å². The molecule has 0 aliphatic rings. The minimum atomic E-state index is 0.759. The summed E-state index contributed by atoms with van der Waals surface area (Å²) in [6, 6.07) is 5.82. The molecule has 3 heterocycles. The third-order valence-electron chi connectivity index (χ3n) is 2.40. The highest BCUT2D eigenvalue weighted by molar-refractivity contribution is 5.78. The van der Waals surface area contributed by atoms with E-state index in [0.717, 1.165) is 22.5 Å². The van der Waals surface area contributed by atoms with Crippen LogP contribution in [0.2, 0.25) is 0 Å². The SMILES string of the molecule is c1cncc(-c2cnoc2-c2cc[nH]c2)c1. The van der Waals surface area contributed by atoms with Crippen molar-refractivity contribution in [2.75, 3.05) is 0 Å². The molecule has 0 aliphatic heterocycles. The smallest absolute Gasteiger partial charge is 0.176 e. The largest absolute Gasteiger partial charge is 0.367 e. The van der Waals surface area contributed by atoms with Crippen molar-refractivity contribution in [2.45, 2.75) is 0 Å². The highest BCUT2D eigenvalue weighted by atomic mass is 16.5. The lowest BCUT2D eigenvalue weighted by molar-refractivity contribution is 0.432. The summed E-state index contributed by atoms with van der Waals surface area (Å²) in [5, 5.41) is 3.84. The molecule has 16 heavy (non-hydrogen) atoms. The molecule has 0 atom stereocenters. The Morgan fingerprint density at radius 3 is 2.88 bits per heavy atom. The molecule has 3 rings (SSSR count). The molecule has 4 heteroatoms. The Labute approximate surface area is 91.9 Å². The molecule has 0 aromatic carbocycles. The summed E-state index contributed by atoms with van der Waals surface area (Å²) in [7, 11) is 0. The summed E-state index contributed by atoms with van der Waals surface area (Å²) >= 11 is 0. The lowest BCUT2D eigenvalue weighted by atomic mass is 10.1. The Balaban J connectivity index is 2.14. The van der Waals surface area contributed by atoms with Gasteiger partial charge >= 0.3 is 0 Å². The van der Waals surface area contributed by atoms with Crippen molar-refractivity contribution in [2.24, 2.45) is 0 Å². The van der Waals surface area contributed by atoms with E-state index >= 15 is 0 Å². The second kappa shape index (κ2) is 3.66. The first-order valence-electron chi connectivity index (χ1n) is 4.93. The molecule has 78 valence electrons. The van der Waals surface area contributed by atoms with Gasteiger partial charge < -0.3 is 9.51 Å². The molecule has 0 unspecified atom stereocenters. The summed E-state index contributed by atoms with van der Waals surface area (Å²) in [5.74, 6) is 0.759. The zero-order valence-corrected chi connectivity index (χ0v) is 8.42. The van der Waals surface area contributed by atoms with Crippen molar-refractivity contribution in [3.8, 4) is 22.5 Å². The lowest BCUT2D eigenvalue weighted by Crippen LogP contribution is -1.79. The van der Waals surface area contributed by atoms with Crippen molar-refractivity contribution in [3.05, 3.63) is 49.2 Å². The van der Waals surface area contributed by atoms with Gasteiger partial charge in [0.1, 0.15) is 0 Å². The Kier molecular flexibility index (Phi) is 2.04. The van der Waals surface area contributed by atoms with Crippen LogP contribution in [0, 0.1) is 0 Å². The molecule has 0 amide bonds. The Hall–Kier alpha value is -2.36. The number of pyridine rings is 1. The van der Waals surface area contributed by atoms with E-state index in [-0.39, 0.29) is 0 Å². The third kappa shape index (κ3) is 1.40. The average Bonchev–Trinajstić information content (AvgIpc) is 3.01. The standard InChI is InChI=1S/C12H9N3O/c1-2-9(6-13-4-1)11-8-15-16-12(11)10-3-5-14-7-10/h1-8,14H. The van der Waals surface area contributed by atoms with E-state index in [0.29, 0.717) is 0 Å². The highest BCUT2D eigenvalue weighted by Gasteiger charge is 2.12. The van der Waals surface area contributed by atoms with Gasteiger partial charge in [-0.2, -0.15) is 0 Å². The fourth-order valence-electron chi connectivity index (χ4n) is 1.64. The zero-order chi connectivity index (χ0) is 10.8.